The fourth-order valence-electron chi connectivity index (χ4n) is 3.77. The Morgan fingerprint density at radius 2 is 2.04 bits per heavy atom. The maximum absolute atomic E-state index is 14.4. The van der Waals surface area contributed by atoms with E-state index in [1.807, 2.05) is 20.8 Å². The van der Waals surface area contributed by atoms with E-state index in [1.54, 1.807) is 22.9 Å². The molecule has 0 aliphatic carbocycles. The van der Waals surface area contributed by atoms with Crippen LogP contribution in [0, 0.1) is 11.2 Å². The standard InChI is InChI=1S/C18H21FN4O3/c1-18(2,3)16-15-14(10-6-4-5-7-11(10)19)20-21-23(15)12-8-22(17(24)25)9-13(12)26-16/h4-7,12-13,16H,8-9H2,1-3H3,(H,24,25)/t12-,13-,16?/m1/s1. The molecule has 1 N–H and O–H groups in total. The Morgan fingerprint density at radius 3 is 2.69 bits per heavy atom. The van der Waals surface area contributed by atoms with E-state index in [0.717, 1.165) is 0 Å². The van der Waals surface area contributed by atoms with Crippen LogP contribution in [-0.2, 0) is 4.74 Å². The second-order valence-corrected chi connectivity index (χ2v) is 7.92. The van der Waals surface area contributed by atoms with Gasteiger partial charge in [0.1, 0.15) is 23.7 Å². The topological polar surface area (TPSA) is 80.5 Å². The van der Waals surface area contributed by atoms with Crippen molar-refractivity contribution in [3.8, 4) is 11.3 Å². The van der Waals surface area contributed by atoms with Crippen LogP contribution in [-0.4, -0.2) is 50.3 Å². The number of carbonyl (C=O) groups is 1. The zero-order valence-corrected chi connectivity index (χ0v) is 14.9. The molecule has 3 heterocycles. The van der Waals surface area contributed by atoms with Crippen molar-refractivity contribution in [2.24, 2.45) is 5.41 Å². The first-order valence-electron chi connectivity index (χ1n) is 8.60. The van der Waals surface area contributed by atoms with Gasteiger partial charge in [-0.1, -0.05) is 38.1 Å². The molecule has 0 bridgehead atoms. The number of benzene rings is 1. The van der Waals surface area contributed by atoms with Gasteiger partial charge in [0.15, 0.2) is 0 Å². The van der Waals surface area contributed by atoms with E-state index in [2.05, 4.69) is 10.3 Å². The SMILES string of the molecule is CC(C)(C)C1O[C@@H]2CN(C(=O)O)C[C@H]2n2nnc(-c3ccccc3F)c21. The molecular weight excluding hydrogens is 339 g/mol. The van der Waals surface area contributed by atoms with E-state index in [0.29, 0.717) is 23.5 Å². The number of ether oxygens (including phenoxy) is 1. The second kappa shape index (κ2) is 5.77. The third-order valence-corrected chi connectivity index (χ3v) is 5.03. The van der Waals surface area contributed by atoms with Crippen molar-refractivity contribution in [1.29, 1.82) is 0 Å². The lowest BCUT2D eigenvalue weighted by Gasteiger charge is -2.39. The van der Waals surface area contributed by atoms with Crippen molar-refractivity contribution >= 4 is 6.09 Å². The molecule has 3 atom stereocenters. The summed E-state index contributed by atoms with van der Waals surface area (Å²) in [7, 11) is 0. The van der Waals surface area contributed by atoms with Crippen LogP contribution in [0.5, 0.6) is 0 Å². The van der Waals surface area contributed by atoms with Crippen molar-refractivity contribution < 1.29 is 19.0 Å². The van der Waals surface area contributed by atoms with Crippen LogP contribution in [0.1, 0.15) is 38.6 Å². The average molecular weight is 360 g/mol. The minimum Gasteiger partial charge on any atom is -0.465 e. The largest absolute Gasteiger partial charge is 0.465 e. The highest BCUT2D eigenvalue weighted by atomic mass is 19.1. The van der Waals surface area contributed by atoms with Crippen LogP contribution in [0.2, 0.25) is 0 Å². The van der Waals surface area contributed by atoms with Crippen molar-refractivity contribution in [3.63, 3.8) is 0 Å². The maximum atomic E-state index is 14.4. The first-order chi connectivity index (χ1) is 12.3. The highest BCUT2D eigenvalue weighted by Gasteiger charge is 2.48. The number of likely N-dealkylation sites (tertiary alicyclic amines) is 1. The Hall–Kier alpha value is -2.48. The Labute approximate surface area is 150 Å². The average Bonchev–Trinajstić information content (AvgIpc) is 3.17. The van der Waals surface area contributed by atoms with Gasteiger partial charge in [0, 0.05) is 12.1 Å². The van der Waals surface area contributed by atoms with Crippen molar-refractivity contribution in [3.05, 3.63) is 35.8 Å². The first-order valence-corrected chi connectivity index (χ1v) is 8.60. The quantitative estimate of drug-likeness (QED) is 0.845. The van der Waals surface area contributed by atoms with E-state index < -0.39 is 6.09 Å². The summed E-state index contributed by atoms with van der Waals surface area (Å²) in [5, 5.41) is 17.9. The molecule has 0 radical (unpaired) electrons. The van der Waals surface area contributed by atoms with E-state index in [4.69, 9.17) is 4.74 Å². The Morgan fingerprint density at radius 1 is 1.31 bits per heavy atom. The van der Waals surface area contributed by atoms with Crippen LogP contribution in [0.4, 0.5) is 9.18 Å². The summed E-state index contributed by atoms with van der Waals surface area (Å²) in [6.07, 6.45) is -1.65. The first kappa shape index (κ1) is 17.0. The third-order valence-electron chi connectivity index (χ3n) is 5.03. The monoisotopic (exact) mass is 360 g/mol. The molecule has 1 aromatic carbocycles. The van der Waals surface area contributed by atoms with Crippen LogP contribution in [0.3, 0.4) is 0 Å². The van der Waals surface area contributed by atoms with Gasteiger partial charge >= 0.3 is 6.09 Å². The number of halogens is 1. The molecule has 1 unspecified atom stereocenters. The van der Waals surface area contributed by atoms with E-state index in [-0.39, 0.29) is 36.0 Å². The molecule has 2 aliphatic rings. The number of nitrogens with zero attached hydrogens (tertiary/aromatic N) is 4. The van der Waals surface area contributed by atoms with Crippen LogP contribution < -0.4 is 0 Å². The van der Waals surface area contributed by atoms with E-state index in [9.17, 15) is 14.3 Å². The number of amides is 1. The summed E-state index contributed by atoms with van der Waals surface area (Å²) in [6.45, 7) is 6.67. The summed E-state index contributed by atoms with van der Waals surface area (Å²) < 4.78 is 22.4. The van der Waals surface area contributed by atoms with E-state index >= 15 is 0 Å². The lowest BCUT2D eigenvalue weighted by Crippen LogP contribution is -2.39. The van der Waals surface area contributed by atoms with Gasteiger partial charge in [-0.15, -0.1) is 5.10 Å². The van der Waals surface area contributed by atoms with Crippen molar-refractivity contribution in [2.75, 3.05) is 13.1 Å². The van der Waals surface area contributed by atoms with Gasteiger partial charge in [-0.2, -0.15) is 0 Å². The highest BCUT2D eigenvalue weighted by Crippen LogP contribution is 2.47. The predicted molar refractivity (Wildman–Crippen MR) is 91.1 cm³/mol. The lowest BCUT2D eigenvalue weighted by atomic mass is 9.84. The molecule has 138 valence electrons. The minimum absolute atomic E-state index is 0.257. The lowest BCUT2D eigenvalue weighted by molar-refractivity contribution is -0.102. The summed E-state index contributed by atoms with van der Waals surface area (Å²) >= 11 is 0. The van der Waals surface area contributed by atoms with E-state index in [1.165, 1.54) is 11.0 Å². The van der Waals surface area contributed by atoms with Gasteiger partial charge in [0.2, 0.25) is 0 Å². The molecule has 8 heteroatoms. The Kier molecular flexibility index (Phi) is 3.76. The zero-order valence-electron chi connectivity index (χ0n) is 14.9. The molecular formula is C18H21FN4O3. The third kappa shape index (κ3) is 2.56. The normalized spacial score (nSPS) is 25.1. The van der Waals surface area contributed by atoms with Gasteiger partial charge in [0.05, 0.1) is 18.3 Å². The van der Waals surface area contributed by atoms with Gasteiger partial charge < -0.3 is 14.7 Å². The molecule has 2 aliphatic heterocycles. The maximum Gasteiger partial charge on any atom is 0.407 e. The summed E-state index contributed by atoms with van der Waals surface area (Å²) in [5.74, 6) is -0.371. The van der Waals surface area contributed by atoms with Crippen LogP contribution >= 0.6 is 0 Å². The molecule has 7 nitrogen and oxygen atoms in total. The van der Waals surface area contributed by atoms with Crippen LogP contribution in [0.15, 0.2) is 24.3 Å². The van der Waals surface area contributed by atoms with Crippen molar-refractivity contribution in [2.45, 2.75) is 39.0 Å². The summed E-state index contributed by atoms with van der Waals surface area (Å²) in [4.78, 5) is 12.7. The molecule has 2 aromatic rings. The molecule has 1 fully saturated rings. The van der Waals surface area contributed by atoms with Gasteiger partial charge in [-0.25, -0.2) is 13.9 Å². The summed E-state index contributed by atoms with van der Waals surface area (Å²) in [5.41, 5.74) is 1.24. The Balaban J connectivity index is 1.85. The Bertz CT molecular complexity index is 860. The smallest absolute Gasteiger partial charge is 0.407 e. The minimum atomic E-state index is -0.980. The number of rotatable bonds is 1. The zero-order chi connectivity index (χ0) is 18.6. The predicted octanol–water partition coefficient (Wildman–Crippen LogP) is 3.10. The fraction of sp³-hybridized carbons (Fsp3) is 0.500. The number of hydrogen-bond donors (Lipinski definition) is 1. The van der Waals surface area contributed by atoms with Gasteiger partial charge in [0.25, 0.3) is 0 Å². The molecule has 26 heavy (non-hydrogen) atoms. The molecule has 1 aromatic heterocycles. The number of aromatic nitrogens is 3. The highest BCUT2D eigenvalue weighted by molar-refractivity contribution is 5.66. The molecule has 4 rings (SSSR count). The van der Waals surface area contributed by atoms with Gasteiger partial charge in [-0.3, -0.25) is 0 Å². The fourth-order valence-corrected chi connectivity index (χ4v) is 3.77. The summed E-state index contributed by atoms with van der Waals surface area (Å²) in [6, 6.07) is 6.19. The molecule has 1 amide bonds. The van der Waals surface area contributed by atoms with Crippen LogP contribution in [0.25, 0.3) is 11.3 Å². The molecule has 1 saturated heterocycles. The molecule has 0 spiro atoms. The number of fused-ring (bicyclic) bond motifs is 3. The number of carboxylic acid groups (broad SMARTS) is 1. The number of hydrogen-bond acceptors (Lipinski definition) is 4. The second-order valence-electron chi connectivity index (χ2n) is 7.92. The molecule has 0 saturated carbocycles. The van der Waals surface area contributed by atoms with Gasteiger partial charge in [-0.05, 0) is 17.5 Å². The van der Waals surface area contributed by atoms with Crippen molar-refractivity contribution in [1.82, 2.24) is 19.9 Å².